The molecule has 0 heterocycles. The Kier molecular flexibility index (Phi) is 7.16. The number of aliphatic hydroxyl groups excluding tert-OH is 1. The van der Waals surface area contributed by atoms with Crippen LogP contribution in [0.15, 0.2) is 24.3 Å². The van der Waals surface area contributed by atoms with Crippen LogP contribution in [0.5, 0.6) is 5.75 Å². The lowest BCUT2D eigenvalue weighted by atomic mass is 9.86. The Balaban J connectivity index is 1.63. The van der Waals surface area contributed by atoms with E-state index in [0.29, 0.717) is 25.8 Å². The van der Waals surface area contributed by atoms with Gasteiger partial charge in [-0.3, -0.25) is 0 Å². The summed E-state index contributed by atoms with van der Waals surface area (Å²) in [5, 5.41) is 13.0. The van der Waals surface area contributed by atoms with Crippen LogP contribution in [0.3, 0.4) is 0 Å². The molecule has 2 N–H and O–H groups in total. The van der Waals surface area contributed by atoms with Gasteiger partial charge in [0.05, 0.1) is 6.61 Å². The SMILES string of the molecule is CC(C)NC[C@@H](O)COc1ccc(COCC2CCC2)cc1. The molecule has 1 aromatic carbocycles. The lowest BCUT2D eigenvalue weighted by molar-refractivity contribution is 0.0596. The highest BCUT2D eigenvalue weighted by molar-refractivity contribution is 5.26. The molecule has 1 aliphatic carbocycles. The molecule has 1 aliphatic rings. The second-order valence-corrected chi connectivity index (χ2v) is 6.48. The van der Waals surface area contributed by atoms with Gasteiger partial charge in [-0.25, -0.2) is 0 Å². The molecule has 0 bridgehead atoms. The van der Waals surface area contributed by atoms with E-state index < -0.39 is 6.10 Å². The van der Waals surface area contributed by atoms with E-state index in [4.69, 9.17) is 9.47 Å². The van der Waals surface area contributed by atoms with Crippen molar-refractivity contribution in [3.8, 4) is 5.75 Å². The van der Waals surface area contributed by atoms with Gasteiger partial charge in [-0.15, -0.1) is 0 Å². The van der Waals surface area contributed by atoms with Gasteiger partial charge in [0.1, 0.15) is 18.5 Å². The normalized spacial score (nSPS) is 16.5. The number of rotatable bonds is 10. The average molecular weight is 307 g/mol. The van der Waals surface area contributed by atoms with E-state index in [-0.39, 0.29) is 0 Å². The molecule has 0 radical (unpaired) electrons. The van der Waals surface area contributed by atoms with Crippen LogP contribution in [0.1, 0.15) is 38.7 Å². The van der Waals surface area contributed by atoms with E-state index in [1.165, 1.54) is 19.3 Å². The predicted molar refractivity (Wildman–Crippen MR) is 88.1 cm³/mol. The van der Waals surface area contributed by atoms with E-state index in [0.717, 1.165) is 23.8 Å². The van der Waals surface area contributed by atoms with Crippen LogP contribution in [-0.2, 0) is 11.3 Å². The van der Waals surface area contributed by atoms with Crippen LogP contribution in [0.2, 0.25) is 0 Å². The van der Waals surface area contributed by atoms with Gasteiger partial charge in [-0.1, -0.05) is 32.4 Å². The Morgan fingerprint density at radius 2 is 1.95 bits per heavy atom. The summed E-state index contributed by atoms with van der Waals surface area (Å²) in [5.74, 6) is 1.56. The van der Waals surface area contributed by atoms with E-state index >= 15 is 0 Å². The summed E-state index contributed by atoms with van der Waals surface area (Å²) in [6, 6.07) is 8.28. The largest absolute Gasteiger partial charge is 0.491 e. The maximum absolute atomic E-state index is 9.80. The molecule has 4 heteroatoms. The molecule has 0 unspecified atom stereocenters. The minimum absolute atomic E-state index is 0.303. The van der Waals surface area contributed by atoms with Crippen LogP contribution < -0.4 is 10.1 Å². The molecule has 1 atom stereocenters. The third-order valence-electron chi connectivity index (χ3n) is 3.97. The van der Waals surface area contributed by atoms with Crippen molar-refractivity contribution in [2.45, 2.75) is 51.9 Å². The summed E-state index contributed by atoms with van der Waals surface area (Å²) in [6.07, 6.45) is 3.51. The molecule has 0 aromatic heterocycles. The number of hydrogen-bond donors (Lipinski definition) is 2. The zero-order valence-electron chi connectivity index (χ0n) is 13.8. The molecule has 0 aliphatic heterocycles. The van der Waals surface area contributed by atoms with Gasteiger partial charge in [0.25, 0.3) is 0 Å². The molecule has 22 heavy (non-hydrogen) atoms. The molecule has 0 amide bonds. The maximum Gasteiger partial charge on any atom is 0.119 e. The molecule has 124 valence electrons. The first-order valence-corrected chi connectivity index (χ1v) is 8.34. The molecule has 0 saturated heterocycles. The number of aliphatic hydroxyl groups is 1. The molecule has 1 saturated carbocycles. The zero-order valence-corrected chi connectivity index (χ0v) is 13.8. The van der Waals surface area contributed by atoms with Crippen LogP contribution in [0, 0.1) is 5.92 Å². The van der Waals surface area contributed by atoms with Gasteiger partial charge in [0, 0.05) is 19.2 Å². The second kappa shape index (κ2) is 9.13. The Morgan fingerprint density at radius 1 is 1.23 bits per heavy atom. The fourth-order valence-electron chi connectivity index (χ4n) is 2.31. The van der Waals surface area contributed by atoms with Crippen molar-refractivity contribution in [2.24, 2.45) is 5.92 Å². The van der Waals surface area contributed by atoms with Crippen molar-refractivity contribution in [3.05, 3.63) is 29.8 Å². The maximum atomic E-state index is 9.80. The topological polar surface area (TPSA) is 50.7 Å². The fourth-order valence-corrected chi connectivity index (χ4v) is 2.31. The van der Waals surface area contributed by atoms with E-state index in [2.05, 4.69) is 19.2 Å². The van der Waals surface area contributed by atoms with Crippen LogP contribution in [0.4, 0.5) is 0 Å². The smallest absolute Gasteiger partial charge is 0.119 e. The van der Waals surface area contributed by atoms with Crippen molar-refractivity contribution in [2.75, 3.05) is 19.8 Å². The first-order valence-electron chi connectivity index (χ1n) is 8.34. The lowest BCUT2D eigenvalue weighted by Gasteiger charge is -2.24. The van der Waals surface area contributed by atoms with Gasteiger partial charge in [0.2, 0.25) is 0 Å². The van der Waals surface area contributed by atoms with Crippen LogP contribution in [-0.4, -0.2) is 37.0 Å². The summed E-state index contributed by atoms with van der Waals surface area (Å²) in [5.41, 5.74) is 1.16. The average Bonchev–Trinajstić information content (AvgIpc) is 2.46. The number of hydrogen-bond acceptors (Lipinski definition) is 4. The number of ether oxygens (including phenoxy) is 2. The highest BCUT2D eigenvalue weighted by Gasteiger charge is 2.17. The molecular weight excluding hydrogens is 278 g/mol. The van der Waals surface area contributed by atoms with E-state index in [9.17, 15) is 5.11 Å². The first-order chi connectivity index (χ1) is 10.6. The molecular formula is C18H29NO3. The minimum atomic E-state index is -0.493. The highest BCUT2D eigenvalue weighted by atomic mass is 16.5. The summed E-state index contributed by atoms with van der Waals surface area (Å²) < 4.78 is 11.3. The Morgan fingerprint density at radius 3 is 2.55 bits per heavy atom. The van der Waals surface area contributed by atoms with Gasteiger partial charge in [-0.2, -0.15) is 0 Å². The second-order valence-electron chi connectivity index (χ2n) is 6.48. The van der Waals surface area contributed by atoms with Crippen molar-refractivity contribution < 1.29 is 14.6 Å². The highest BCUT2D eigenvalue weighted by Crippen LogP contribution is 2.26. The monoisotopic (exact) mass is 307 g/mol. The third kappa shape index (κ3) is 6.34. The summed E-state index contributed by atoms with van der Waals surface area (Å²) in [7, 11) is 0. The molecule has 2 rings (SSSR count). The molecule has 1 aromatic rings. The van der Waals surface area contributed by atoms with Crippen molar-refractivity contribution in [3.63, 3.8) is 0 Å². The summed E-state index contributed by atoms with van der Waals surface area (Å²) in [6.45, 7) is 6.51. The van der Waals surface area contributed by atoms with Crippen LogP contribution >= 0.6 is 0 Å². The molecule has 4 nitrogen and oxygen atoms in total. The van der Waals surface area contributed by atoms with Crippen molar-refractivity contribution in [1.82, 2.24) is 5.32 Å². The predicted octanol–water partition coefficient (Wildman–Crippen LogP) is 2.74. The quantitative estimate of drug-likeness (QED) is 0.698. The van der Waals surface area contributed by atoms with Gasteiger partial charge in [0.15, 0.2) is 0 Å². The van der Waals surface area contributed by atoms with E-state index in [1.807, 2.05) is 24.3 Å². The number of benzene rings is 1. The fraction of sp³-hybridized carbons (Fsp3) is 0.667. The third-order valence-corrected chi connectivity index (χ3v) is 3.97. The van der Waals surface area contributed by atoms with E-state index in [1.54, 1.807) is 0 Å². The van der Waals surface area contributed by atoms with Gasteiger partial charge < -0.3 is 19.9 Å². The van der Waals surface area contributed by atoms with Crippen LogP contribution in [0.25, 0.3) is 0 Å². The molecule has 0 spiro atoms. The number of nitrogens with one attached hydrogen (secondary N) is 1. The minimum Gasteiger partial charge on any atom is -0.491 e. The molecule has 1 fully saturated rings. The first kappa shape index (κ1) is 17.3. The lowest BCUT2D eigenvalue weighted by Crippen LogP contribution is -2.35. The van der Waals surface area contributed by atoms with Crippen molar-refractivity contribution in [1.29, 1.82) is 0 Å². The summed E-state index contributed by atoms with van der Waals surface area (Å²) in [4.78, 5) is 0. The van der Waals surface area contributed by atoms with Gasteiger partial charge >= 0.3 is 0 Å². The zero-order chi connectivity index (χ0) is 15.8. The Bertz CT molecular complexity index is 415. The Hall–Kier alpha value is -1.10. The van der Waals surface area contributed by atoms with Gasteiger partial charge in [-0.05, 0) is 36.5 Å². The summed E-state index contributed by atoms with van der Waals surface area (Å²) >= 11 is 0. The standard InChI is InChI=1S/C18H29NO3/c1-14(2)19-10-17(20)13-22-18-8-6-16(7-9-18)12-21-11-15-4-3-5-15/h6-9,14-15,17,19-20H,3-5,10-13H2,1-2H3/t17-/m1/s1. The Labute approximate surface area is 133 Å². The van der Waals surface area contributed by atoms with Crippen molar-refractivity contribution >= 4 is 0 Å².